The molecule has 0 spiro atoms. The summed E-state index contributed by atoms with van der Waals surface area (Å²) < 4.78 is 5.80. The van der Waals surface area contributed by atoms with Crippen molar-refractivity contribution in [1.82, 2.24) is 5.32 Å². The minimum atomic E-state index is -0.00615. The van der Waals surface area contributed by atoms with Crippen molar-refractivity contribution in [2.45, 2.75) is 65.2 Å². The Balaban J connectivity index is 1.78. The lowest BCUT2D eigenvalue weighted by Gasteiger charge is -2.19. The van der Waals surface area contributed by atoms with Crippen molar-refractivity contribution < 1.29 is 9.53 Å². The number of unbranched alkanes of at least 4 members (excludes halogenated alkanes) is 1. The summed E-state index contributed by atoms with van der Waals surface area (Å²) in [4.78, 5) is 12.0. The molecule has 0 unspecified atom stereocenters. The van der Waals surface area contributed by atoms with Crippen LogP contribution in [0.15, 0.2) is 18.2 Å². The number of rotatable bonds is 9. The molecule has 1 aromatic rings. The summed E-state index contributed by atoms with van der Waals surface area (Å²) in [6, 6.07) is 6.21. The summed E-state index contributed by atoms with van der Waals surface area (Å²) in [6.07, 6.45) is 9.44. The van der Waals surface area contributed by atoms with E-state index in [1.807, 2.05) is 12.1 Å². The lowest BCUT2D eigenvalue weighted by molar-refractivity contribution is -0.123. The summed E-state index contributed by atoms with van der Waals surface area (Å²) in [6.45, 7) is 5.30. The third kappa shape index (κ3) is 5.56. The molecule has 128 valence electrons. The molecule has 1 aliphatic carbocycles. The molecule has 2 rings (SSSR count). The van der Waals surface area contributed by atoms with Crippen LogP contribution in [0.3, 0.4) is 0 Å². The molecule has 0 saturated heterocycles. The molecule has 23 heavy (non-hydrogen) atoms. The number of hydrogen-bond acceptors (Lipinski definition) is 2. The maximum atomic E-state index is 12.0. The molecule has 0 radical (unpaired) electrons. The summed E-state index contributed by atoms with van der Waals surface area (Å²) in [7, 11) is 0. The molecular formula is C20H31NO2. The fraction of sp³-hybridized carbons (Fsp3) is 0.650. The van der Waals surface area contributed by atoms with Gasteiger partial charge in [-0.2, -0.15) is 0 Å². The lowest BCUT2D eigenvalue weighted by atomic mass is 9.91. The summed E-state index contributed by atoms with van der Waals surface area (Å²) in [5.41, 5.74) is 2.70. The molecule has 0 saturated carbocycles. The summed E-state index contributed by atoms with van der Waals surface area (Å²) >= 11 is 0. The molecule has 1 aliphatic rings. The number of hydrogen-bond donors (Lipinski definition) is 1. The molecular weight excluding hydrogens is 286 g/mol. The van der Waals surface area contributed by atoms with E-state index >= 15 is 0 Å². The number of fused-ring (bicyclic) bond motifs is 1. The molecule has 0 aromatic heterocycles. The van der Waals surface area contributed by atoms with Crippen molar-refractivity contribution >= 4 is 5.91 Å². The van der Waals surface area contributed by atoms with Gasteiger partial charge in [0, 0.05) is 6.54 Å². The van der Waals surface area contributed by atoms with Crippen molar-refractivity contribution in [3.63, 3.8) is 0 Å². The quantitative estimate of drug-likeness (QED) is 0.738. The highest BCUT2D eigenvalue weighted by atomic mass is 16.5. The molecule has 3 heteroatoms. The number of carbonyl (C=O) groups is 1. The first-order valence-electron chi connectivity index (χ1n) is 9.24. The van der Waals surface area contributed by atoms with Gasteiger partial charge in [0.25, 0.3) is 5.91 Å². The molecule has 1 atom stereocenters. The van der Waals surface area contributed by atoms with Gasteiger partial charge in [-0.1, -0.05) is 45.2 Å². The highest BCUT2D eigenvalue weighted by Gasteiger charge is 2.15. The van der Waals surface area contributed by atoms with E-state index < -0.39 is 0 Å². The maximum absolute atomic E-state index is 12.0. The Labute approximate surface area is 140 Å². The molecule has 1 amide bonds. The fourth-order valence-electron chi connectivity index (χ4n) is 3.28. The molecule has 0 aliphatic heterocycles. The van der Waals surface area contributed by atoms with Crippen molar-refractivity contribution in [3.05, 3.63) is 29.3 Å². The Morgan fingerprint density at radius 1 is 1.26 bits per heavy atom. The molecule has 1 N–H and O–H groups in total. The van der Waals surface area contributed by atoms with Gasteiger partial charge in [-0.3, -0.25) is 4.79 Å². The predicted octanol–water partition coefficient (Wildman–Crippen LogP) is 4.28. The van der Waals surface area contributed by atoms with E-state index in [-0.39, 0.29) is 12.5 Å². The van der Waals surface area contributed by atoms with Gasteiger partial charge in [-0.05, 0) is 55.2 Å². The Morgan fingerprint density at radius 2 is 2.09 bits per heavy atom. The van der Waals surface area contributed by atoms with Crippen LogP contribution in [-0.2, 0) is 17.6 Å². The van der Waals surface area contributed by atoms with Crippen LogP contribution in [0, 0.1) is 5.92 Å². The van der Waals surface area contributed by atoms with Gasteiger partial charge in [-0.15, -0.1) is 0 Å². The Hall–Kier alpha value is -1.51. The second kappa shape index (κ2) is 9.59. The number of carbonyl (C=O) groups excluding carboxylic acids is 1. The average Bonchev–Trinajstić information content (AvgIpc) is 2.60. The molecule has 3 nitrogen and oxygen atoms in total. The normalized spacial score (nSPS) is 14.9. The van der Waals surface area contributed by atoms with Gasteiger partial charge < -0.3 is 10.1 Å². The second-order valence-electron chi connectivity index (χ2n) is 6.61. The lowest BCUT2D eigenvalue weighted by Crippen LogP contribution is -2.33. The van der Waals surface area contributed by atoms with Crippen LogP contribution < -0.4 is 10.1 Å². The predicted molar refractivity (Wildman–Crippen MR) is 94.9 cm³/mol. The minimum absolute atomic E-state index is 0.00615. The Morgan fingerprint density at radius 3 is 2.87 bits per heavy atom. The third-order valence-electron chi connectivity index (χ3n) is 4.84. The van der Waals surface area contributed by atoms with E-state index in [9.17, 15) is 4.79 Å². The van der Waals surface area contributed by atoms with Crippen molar-refractivity contribution in [3.8, 4) is 5.75 Å². The minimum Gasteiger partial charge on any atom is -0.483 e. The zero-order valence-corrected chi connectivity index (χ0v) is 14.7. The number of ether oxygens (including phenoxy) is 1. The van der Waals surface area contributed by atoms with E-state index in [2.05, 4.69) is 25.2 Å². The molecule has 0 fully saturated rings. The van der Waals surface area contributed by atoms with Crippen LogP contribution >= 0.6 is 0 Å². The first-order chi connectivity index (χ1) is 11.2. The smallest absolute Gasteiger partial charge is 0.257 e. The highest BCUT2D eigenvalue weighted by molar-refractivity contribution is 5.77. The topological polar surface area (TPSA) is 38.3 Å². The zero-order valence-electron chi connectivity index (χ0n) is 14.7. The first-order valence-corrected chi connectivity index (χ1v) is 9.24. The zero-order chi connectivity index (χ0) is 16.5. The van der Waals surface area contributed by atoms with Gasteiger partial charge >= 0.3 is 0 Å². The van der Waals surface area contributed by atoms with Gasteiger partial charge in [-0.25, -0.2) is 0 Å². The summed E-state index contributed by atoms with van der Waals surface area (Å²) in [5.74, 6) is 1.48. The van der Waals surface area contributed by atoms with Crippen LogP contribution in [0.25, 0.3) is 0 Å². The van der Waals surface area contributed by atoms with Crippen LogP contribution in [0.1, 0.15) is 63.5 Å². The summed E-state index contributed by atoms with van der Waals surface area (Å²) in [5, 5.41) is 3.03. The van der Waals surface area contributed by atoms with Gasteiger partial charge in [0.2, 0.25) is 0 Å². The van der Waals surface area contributed by atoms with Gasteiger partial charge in [0.05, 0.1) is 0 Å². The van der Waals surface area contributed by atoms with Crippen LogP contribution in [0.4, 0.5) is 0 Å². The number of amides is 1. The molecule has 0 bridgehead atoms. The second-order valence-corrected chi connectivity index (χ2v) is 6.61. The largest absolute Gasteiger partial charge is 0.483 e. The van der Waals surface area contributed by atoms with E-state index in [0.717, 1.165) is 31.6 Å². The van der Waals surface area contributed by atoms with Gasteiger partial charge in [0.1, 0.15) is 5.75 Å². The van der Waals surface area contributed by atoms with Crippen LogP contribution in [-0.4, -0.2) is 19.1 Å². The maximum Gasteiger partial charge on any atom is 0.257 e. The number of benzene rings is 1. The van der Waals surface area contributed by atoms with Crippen molar-refractivity contribution in [1.29, 1.82) is 0 Å². The number of nitrogens with one attached hydrogen (secondary N) is 1. The standard InChI is InChI=1S/C20H31NO2/c1-3-5-9-16(4-2)14-21-20(22)15-23-19-13-8-11-17-10-6-7-12-18(17)19/h8,11,13,16H,3-7,9-10,12,14-15H2,1-2H3,(H,21,22)/t16-/m1/s1. The van der Waals surface area contributed by atoms with Crippen LogP contribution in [0.5, 0.6) is 5.75 Å². The SMILES string of the molecule is CCCC[C@@H](CC)CNC(=O)COc1cccc2c1CCCC2. The number of aryl methyl sites for hydroxylation is 1. The Bertz CT molecular complexity index is 498. The average molecular weight is 317 g/mol. The van der Waals surface area contributed by atoms with Crippen molar-refractivity contribution in [2.75, 3.05) is 13.2 Å². The van der Waals surface area contributed by atoms with E-state index in [1.165, 1.54) is 43.2 Å². The molecule has 1 aromatic carbocycles. The van der Waals surface area contributed by atoms with Crippen molar-refractivity contribution in [2.24, 2.45) is 5.92 Å². The monoisotopic (exact) mass is 317 g/mol. The third-order valence-corrected chi connectivity index (χ3v) is 4.84. The van der Waals surface area contributed by atoms with E-state index in [4.69, 9.17) is 4.74 Å². The molecule has 0 heterocycles. The Kier molecular flexibility index (Phi) is 7.44. The first kappa shape index (κ1) is 17.8. The van der Waals surface area contributed by atoms with E-state index in [1.54, 1.807) is 0 Å². The fourth-order valence-corrected chi connectivity index (χ4v) is 3.28. The van der Waals surface area contributed by atoms with E-state index in [0.29, 0.717) is 5.92 Å². The van der Waals surface area contributed by atoms with Crippen LogP contribution in [0.2, 0.25) is 0 Å². The van der Waals surface area contributed by atoms with Gasteiger partial charge in [0.15, 0.2) is 6.61 Å². The highest BCUT2D eigenvalue weighted by Crippen LogP contribution is 2.29.